The number of carbonyl (C=O) groups is 1. The van der Waals surface area contributed by atoms with Gasteiger partial charge in [-0.3, -0.25) is 4.79 Å². The van der Waals surface area contributed by atoms with Crippen molar-refractivity contribution in [3.05, 3.63) is 35.9 Å². The molecule has 1 heterocycles. The minimum Gasteiger partial charge on any atom is -0.273 e. The first-order valence-corrected chi connectivity index (χ1v) is 11.7. The summed E-state index contributed by atoms with van der Waals surface area (Å²) >= 11 is 0. The second-order valence-electron chi connectivity index (χ2n) is 6.47. The normalized spacial score (nSPS) is 20.2. The van der Waals surface area contributed by atoms with E-state index in [4.69, 9.17) is 0 Å². The quantitative estimate of drug-likeness (QED) is 0.738. The van der Waals surface area contributed by atoms with E-state index < -0.39 is 26.0 Å². The Balaban J connectivity index is 1.67. The van der Waals surface area contributed by atoms with Gasteiger partial charge in [-0.15, -0.1) is 0 Å². The first-order valence-electron chi connectivity index (χ1n) is 8.63. The Morgan fingerprint density at radius 1 is 1.08 bits per heavy atom. The van der Waals surface area contributed by atoms with Crippen molar-refractivity contribution in [2.24, 2.45) is 0 Å². The van der Waals surface area contributed by atoms with Gasteiger partial charge in [0.15, 0.2) is 0 Å². The second kappa shape index (κ2) is 7.50. The van der Waals surface area contributed by atoms with Crippen LogP contribution in [0, 0.1) is 0 Å². The van der Waals surface area contributed by atoms with Crippen LogP contribution in [0.3, 0.4) is 0 Å². The molecular weight excluding hydrogens is 376 g/mol. The lowest BCUT2D eigenvalue weighted by Crippen LogP contribution is -2.29. The molecule has 1 amide bonds. The summed E-state index contributed by atoms with van der Waals surface area (Å²) in [7, 11) is -7.33. The van der Waals surface area contributed by atoms with Gasteiger partial charge in [0.25, 0.3) is 0 Å². The van der Waals surface area contributed by atoms with E-state index in [9.17, 15) is 21.6 Å². The third-order valence-corrected chi connectivity index (χ3v) is 7.75. The van der Waals surface area contributed by atoms with Gasteiger partial charge in [-0.05, 0) is 56.4 Å². The average Bonchev–Trinajstić information content (AvgIpc) is 2.89. The van der Waals surface area contributed by atoms with Gasteiger partial charge in [0.05, 0.1) is 16.3 Å². The highest BCUT2D eigenvalue weighted by atomic mass is 32.2. The number of sulfonamides is 2. The average molecular weight is 399 g/mol. The van der Waals surface area contributed by atoms with Gasteiger partial charge in [0, 0.05) is 13.0 Å². The fraction of sp³-hybridized carbons (Fsp3) is 0.471. The molecule has 2 aliphatic rings. The molecule has 1 fully saturated rings. The number of nitrogens with one attached hydrogen (secondary N) is 1. The van der Waals surface area contributed by atoms with Crippen LogP contribution in [-0.2, 0) is 24.8 Å². The Hall–Kier alpha value is -1.71. The first kappa shape index (κ1) is 19.1. The molecule has 0 spiro atoms. The Morgan fingerprint density at radius 3 is 2.38 bits per heavy atom. The molecule has 1 aliphatic carbocycles. The number of allylic oxidation sites excluding steroid dienone is 1. The number of nitrogens with zero attached hydrogens (tertiary/aromatic N) is 1. The molecule has 3 rings (SSSR count). The number of amides is 1. The van der Waals surface area contributed by atoms with Crippen molar-refractivity contribution < 1.29 is 21.6 Å². The monoisotopic (exact) mass is 398 g/mol. The number of hydrogen-bond acceptors (Lipinski definition) is 5. The number of anilines is 1. The fourth-order valence-electron chi connectivity index (χ4n) is 3.19. The van der Waals surface area contributed by atoms with Crippen LogP contribution in [0.4, 0.5) is 5.69 Å². The molecule has 7 nitrogen and oxygen atoms in total. The summed E-state index contributed by atoms with van der Waals surface area (Å²) < 4.78 is 51.9. The number of carbonyl (C=O) groups excluding carboxylic acids is 1. The molecule has 1 saturated heterocycles. The highest BCUT2D eigenvalue weighted by Gasteiger charge is 2.36. The van der Waals surface area contributed by atoms with Gasteiger partial charge in [-0.2, -0.15) is 0 Å². The largest absolute Gasteiger partial charge is 0.273 e. The van der Waals surface area contributed by atoms with Gasteiger partial charge in [0.2, 0.25) is 26.0 Å². The molecule has 1 aromatic rings. The molecule has 0 aromatic heterocycles. The van der Waals surface area contributed by atoms with Crippen molar-refractivity contribution in [2.45, 2.75) is 43.4 Å². The van der Waals surface area contributed by atoms with E-state index >= 15 is 0 Å². The van der Waals surface area contributed by atoms with Gasteiger partial charge in [-0.1, -0.05) is 11.6 Å². The highest BCUT2D eigenvalue weighted by molar-refractivity contribution is 7.94. The van der Waals surface area contributed by atoms with E-state index in [1.165, 1.54) is 36.3 Å². The summed E-state index contributed by atoms with van der Waals surface area (Å²) in [5.41, 5.74) is 1.45. The molecule has 0 unspecified atom stereocenters. The van der Waals surface area contributed by atoms with Crippen LogP contribution >= 0.6 is 0 Å². The van der Waals surface area contributed by atoms with E-state index in [1.54, 1.807) is 0 Å². The molecule has 1 N–H and O–H groups in total. The van der Waals surface area contributed by atoms with E-state index in [-0.39, 0.29) is 22.8 Å². The lowest BCUT2D eigenvalue weighted by molar-refractivity contribution is -0.116. The third-order valence-electron chi connectivity index (χ3n) is 4.58. The Bertz CT molecular complexity index is 918. The molecule has 9 heteroatoms. The summed E-state index contributed by atoms with van der Waals surface area (Å²) in [5.74, 6) is -0.719. The summed E-state index contributed by atoms with van der Waals surface area (Å²) in [6.07, 6.45) is 7.24. The minimum absolute atomic E-state index is 0.0444. The molecule has 1 aromatic carbocycles. The maximum atomic E-state index is 12.4. The summed E-state index contributed by atoms with van der Waals surface area (Å²) in [5, 5.41) is 0. The van der Waals surface area contributed by atoms with Crippen LogP contribution in [0.25, 0.3) is 0 Å². The maximum Gasteiger partial charge on any atom is 0.242 e. The summed E-state index contributed by atoms with van der Waals surface area (Å²) in [6, 6.07) is 5.33. The van der Waals surface area contributed by atoms with Gasteiger partial charge < -0.3 is 0 Å². The van der Waals surface area contributed by atoms with Gasteiger partial charge in [0.1, 0.15) is 0 Å². The van der Waals surface area contributed by atoms with Crippen molar-refractivity contribution in [1.29, 1.82) is 0 Å². The smallest absolute Gasteiger partial charge is 0.242 e. The van der Waals surface area contributed by atoms with Crippen molar-refractivity contribution >= 4 is 31.6 Å². The standard InChI is InChI=1S/C17H22N2O5S2/c20-17-11-13-25(21,22)19(17)15-6-8-16(9-7-15)26(23,24)18-12-10-14-4-2-1-3-5-14/h4,6-9,18H,1-3,5,10-13H2. The summed E-state index contributed by atoms with van der Waals surface area (Å²) in [6.45, 7) is 0.328. The van der Waals surface area contributed by atoms with Crippen LogP contribution in [0.5, 0.6) is 0 Å². The highest BCUT2D eigenvalue weighted by Crippen LogP contribution is 2.26. The molecule has 142 valence electrons. The first-order chi connectivity index (χ1) is 12.3. The van der Waals surface area contributed by atoms with Crippen LogP contribution in [-0.4, -0.2) is 35.0 Å². The maximum absolute atomic E-state index is 12.4. The third kappa shape index (κ3) is 4.16. The molecule has 1 aliphatic heterocycles. The van der Waals surface area contributed by atoms with Crippen molar-refractivity contribution in [3.8, 4) is 0 Å². The van der Waals surface area contributed by atoms with Crippen molar-refractivity contribution in [3.63, 3.8) is 0 Å². The molecule has 0 saturated carbocycles. The summed E-state index contributed by atoms with van der Waals surface area (Å²) in [4.78, 5) is 11.8. The predicted molar refractivity (Wildman–Crippen MR) is 98.7 cm³/mol. The fourth-order valence-corrected chi connectivity index (χ4v) is 5.68. The zero-order valence-corrected chi connectivity index (χ0v) is 16.0. The van der Waals surface area contributed by atoms with E-state index in [1.807, 2.05) is 0 Å². The van der Waals surface area contributed by atoms with Crippen LogP contribution in [0.1, 0.15) is 38.5 Å². The number of hydrogen-bond donors (Lipinski definition) is 1. The van der Waals surface area contributed by atoms with E-state index in [0.717, 1.165) is 23.6 Å². The predicted octanol–water partition coefficient (Wildman–Crippen LogP) is 1.92. The van der Waals surface area contributed by atoms with E-state index in [2.05, 4.69) is 10.8 Å². The van der Waals surface area contributed by atoms with Crippen LogP contribution in [0.15, 0.2) is 40.8 Å². The Morgan fingerprint density at radius 2 is 1.81 bits per heavy atom. The van der Waals surface area contributed by atoms with Crippen molar-refractivity contribution in [2.75, 3.05) is 16.6 Å². The number of benzene rings is 1. The zero-order valence-electron chi connectivity index (χ0n) is 14.3. The molecular formula is C17H22N2O5S2. The second-order valence-corrected chi connectivity index (χ2v) is 10.2. The Kier molecular flexibility index (Phi) is 5.50. The van der Waals surface area contributed by atoms with Crippen LogP contribution in [0.2, 0.25) is 0 Å². The molecule has 26 heavy (non-hydrogen) atoms. The molecule has 0 bridgehead atoms. The Labute approximate surface area is 154 Å². The lowest BCUT2D eigenvalue weighted by Gasteiger charge is -2.16. The SMILES string of the molecule is O=C1CCS(=O)(=O)N1c1ccc(S(=O)(=O)NCCC2=CCCCC2)cc1. The lowest BCUT2D eigenvalue weighted by atomic mass is 9.97. The number of rotatable bonds is 6. The van der Waals surface area contributed by atoms with Gasteiger partial charge >= 0.3 is 0 Å². The molecule has 0 radical (unpaired) electrons. The zero-order chi connectivity index (χ0) is 18.8. The van der Waals surface area contributed by atoms with Crippen LogP contribution < -0.4 is 9.03 Å². The molecule has 0 atom stereocenters. The van der Waals surface area contributed by atoms with Crippen molar-refractivity contribution in [1.82, 2.24) is 4.72 Å². The topological polar surface area (TPSA) is 101 Å². The van der Waals surface area contributed by atoms with Gasteiger partial charge in [-0.25, -0.2) is 25.9 Å². The van der Waals surface area contributed by atoms with E-state index in [0.29, 0.717) is 13.0 Å². The minimum atomic E-state index is -3.67.